The van der Waals surface area contributed by atoms with Crippen molar-refractivity contribution in [2.45, 2.75) is 19.9 Å². The molecule has 2 aromatic heterocycles. The number of furan rings is 1. The van der Waals surface area contributed by atoms with Crippen LogP contribution in [0.25, 0.3) is 0 Å². The fourth-order valence-corrected chi connectivity index (χ4v) is 1.46. The van der Waals surface area contributed by atoms with Gasteiger partial charge in [0.25, 0.3) is 5.91 Å². The summed E-state index contributed by atoms with van der Waals surface area (Å²) in [7, 11) is 0. The number of hydrogen-bond donors (Lipinski definition) is 1. The number of hydrogen-bond acceptors (Lipinski definition) is 3. The monoisotopic (exact) mass is 230 g/mol. The van der Waals surface area contributed by atoms with E-state index in [-0.39, 0.29) is 5.91 Å². The maximum absolute atomic E-state index is 11.7. The maximum atomic E-state index is 11.7. The number of amides is 1. The molecule has 17 heavy (non-hydrogen) atoms. The second-order valence-corrected chi connectivity index (χ2v) is 3.66. The number of rotatable bonds is 4. The molecule has 0 saturated carbocycles. The summed E-state index contributed by atoms with van der Waals surface area (Å²) in [5, 5.41) is 2.79. The van der Waals surface area contributed by atoms with Crippen molar-refractivity contribution in [1.82, 2.24) is 10.3 Å². The summed E-state index contributed by atoms with van der Waals surface area (Å²) in [6.07, 6.45) is 4.19. The second kappa shape index (κ2) is 5.30. The topological polar surface area (TPSA) is 55.1 Å². The van der Waals surface area contributed by atoms with E-state index in [0.29, 0.717) is 12.3 Å². The summed E-state index contributed by atoms with van der Waals surface area (Å²) in [6, 6.07) is 7.24. The highest BCUT2D eigenvalue weighted by Crippen LogP contribution is 2.08. The predicted molar refractivity (Wildman–Crippen MR) is 63.5 cm³/mol. The summed E-state index contributed by atoms with van der Waals surface area (Å²) >= 11 is 0. The van der Waals surface area contributed by atoms with Crippen LogP contribution >= 0.6 is 0 Å². The molecule has 2 heterocycles. The molecule has 2 rings (SSSR count). The smallest absolute Gasteiger partial charge is 0.287 e. The van der Waals surface area contributed by atoms with E-state index in [1.54, 1.807) is 18.5 Å². The molecular formula is C13H14N2O2. The molecule has 0 radical (unpaired) electrons. The predicted octanol–water partition coefficient (Wildman–Crippen LogP) is 2.17. The number of pyridine rings is 1. The molecule has 0 saturated heterocycles. The third-order valence-corrected chi connectivity index (χ3v) is 2.44. The van der Waals surface area contributed by atoms with Gasteiger partial charge in [0.15, 0.2) is 5.76 Å². The molecule has 0 atom stereocenters. The Morgan fingerprint density at radius 1 is 1.29 bits per heavy atom. The number of nitrogens with zero attached hydrogens (tertiary/aromatic N) is 1. The van der Waals surface area contributed by atoms with Crippen LogP contribution in [0.1, 0.15) is 28.8 Å². The van der Waals surface area contributed by atoms with Gasteiger partial charge in [-0.05, 0) is 29.8 Å². The second-order valence-electron chi connectivity index (χ2n) is 3.66. The van der Waals surface area contributed by atoms with Gasteiger partial charge in [-0.3, -0.25) is 9.78 Å². The van der Waals surface area contributed by atoms with Gasteiger partial charge in [-0.25, -0.2) is 0 Å². The fraction of sp³-hybridized carbons (Fsp3) is 0.231. The normalized spacial score (nSPS) is 10.2. The van der Waals surface area contributed by atoms with Crippen molar-refractivity contribution < 1.29 is 9.21 Å². The van der Waals surface area contributed by atoms with Gasteiger partial charge < -0.3 is 9.73 Å². The molecule has 1 N–H and O–H groups in total. The van der Waals surface area contributed by atoms with Gasteiger partial charge in [0.2, 0.25) is 0 Å². The molecule has 0 aliphatic heterocycles. The Balaban J connectivity index is 1.93. The highest BCUT2D eigenvalue weighted by Gasteiger charge is 2.09. The molecular weight excluding hydrogens is 216 g/mol. The molecule has 0 aliphatic rings. The van der Waals surface area contributed by atoms with E-state index in [9.17, 15) is 4.79 Å². The average molecular weight is 230 g/mol. The third-order valence-electron chi connectivity index (χ3n) is 2.44. The molecule has 4 heteroatoms. The van der Waals surface area contributed by atoms with Gasteiger partial charge in [0, 0.05) is 25.4 Å². The zero-order chi connectivity index (χ0) is 12.1. The Hall–Kier alpha value is -2.10. The summed E-state index contributed by atoms with van der Waals surface area (Å²) < 4.78 is 5.36. The Morgan fingerprint density at radius 2 is 2.06 bits per heavy atom. The first-order valence-electron chi connectivity index (χ1n) is 5.55. The molecule has 0 unspecified atom stereocenters. The van der Waals surface area contributed by atoms with Crippen molar-refractivity contribution in [3.63, 3.8) is 0 Å². The van der Waals surface area contributed by atoms with Gasteiger partial charge in [-0.15, -0.1) is 0 Å². The van der Waals surface area contributed by atoms with Gasteiger partial charge in [0.05, 0.1) is 0 Å². The van der Waals surface area contributed by atoms with Crippen LogP contribution in [0, 0.1) is 0 Å². The van der Waals surface area contributed by atoms with E-state index < -0.39 is 0 Å². The summed E-state index contributed by atoms with van der Waals surface area (Å²) in [6.45, 7) is 2.46. The zero-order valence-electron chi connectivity index (χ0n) is 9.64. The van der Waals surface area contributed by atoms with E-state index in [1.807, 2.05) is 25.1 Å². The van der Waals surface area contributed by atoms with Crippen LogP contribution in [0.5, 0.6) is 0 Å². The van der Waals surface area contributed by atoms with Crippen molar-refractivity contribution in [3.8, 4) is 0 Å². The molecule has 4 nitrogen and oxygen atoms in total. The Bertz CT molecular complexity index is 491. The van der Waals surface area contributed by atoms with Crippen LogP contribution in [-0.2, 0) is 13.0 Å². The number of nitrogens with one attached hydrogen (secondary N) is 1. The lowest BCUT2D eigenvalue weighted by atomic mass is 10.2. The van der Waals surface area contributed by atoms with Crippen molar-refractivity contribution in [2.24, 2.45) is 0 Å². The molecule has 2 aromatic rings. The van der Waals surface area contributed by atoms with Crippen LogP contribution in [0.3, 0.4) is 0 Å². The lowest BCUT2D eigenvalue weighted by Gasteiger charge is -2.02. The van der Waals surface area contributed by atoms with E-state index in [0.717, 1.165) is 17.7 Å². The summed E-state index contributed by atoms with van der Waals surface area (Å²) in [5.41, 5.74) is 1.01. The minimum absolute atomic E-state index is 0.193. The molecule has 0 bridgehead atoms. The number of carbonyl (C=O) groups excluding carboxylic acids is 1. The Labute approximate surface area is 99.7 Å². The van der Waals surface area contributed by atoms with Gasteiger partial charge in [-0.2, -0.15) is 0 Å². The van der Waals surface area contributed by atoms with Crippen molar-refractivity contribution in [2.75, 3.05) is 0 Å². The van der Waals surface area contributed by atoms with Crippen LogP contribution in [-0.4, -0.2) is 10.9 Å². The molecule has 1 amide bonds. The van der Waals surface area contributed by atoms with Crippen molar-refractivity contribution >= 4 is 5.91 Å². The average Bonchev–Trinajstić information content (AvgIpc) is 2.86. The first-order chi connectivity index (χ1) is 8.29. The van der Waals surface area contributed by atoms with E-state index in [2.05, 4.69) is 10.3 Å². The van der Waals surface area contributed by atoms with E-state index in [4.69, 9.17) is 4.42 Å². The van der Waals surface area contributed by atoms with E-state index >= 15 is 0 Å². The van der Waals surface area contributed by atoms with Crippen molar-refractivity contribution in [3.05, 3.63) is 53.7 Å². The first-order valence-corrected chi connectivity index (χ1v) is 5.55. The maximum Gasteiger partial charge on any atom is 0.287 e. The first kappa shape index (κ1) is 11.4. The highest BCUT2D eigenvalue weighted by molar-refractivity contribution is 5.91. The van der Waals surface area contributed by atoms with Crippen molar-refractivity contribution in [1.29, 1.82) is 0 Å². The molecule has 0 aromatic carbocycles. The van der Waals surface area contributed by atoms with Crippen LogP contribution in [0.4, 0.5) is 0 Å². The molecule has 0 fully saturated rings. The van der Waals surface area contributed by atoms with Gasteiger partial charge >= 0.3 is 0 Å². The van der Waals surface area contributed by atoms with Gasteiger partial charge in [-0.1, -0.05) is 6.92 Å². The highest BCUT2D eigenvalue weighted by atomic mass is 16.3. The fourth-order valence-electron chi connectivity index (χ4n) is 1.46. The van der Waals surface area contributed by atoms with Crippen LogP contribution in [0.15, 0.2) is 41.1 Å². The summed E-state index contributed by atoms with van der Waals surface area (Å²) in [4.78, 5) is 15.6. The number of aromatic nitrogens is 1. The SMILES string of the molecule is CCc1ccc(C(=O)NCc2ccncc2)o1. The largest absolute Gasteiger partial charge is 0.456 e. The standard InChI is InChI=1S/C13H14N2O2/c1-2-11-3-4-12(17-11)13(16)15-9-10-5-7-14-8-6-10/h3-8H,2,9H2,1H3,(H,15,16). The van der Waals surface area contributed by atoms with Crippen LogP contribution < -0.4 is 5.32 Å². The minimum atomic E-state index is -0.193. The molecule has 0 aliphatic carbocycles. The van der Waals surface area contributed by atoms with E-state index in [1.165, 1.54) is 0 Å². The lowest BCUT2D eigenvalue weighted by Crippen LogP contribution is -2.22. The zero-order valence-corrected chi connectivity index (χ0v) is 9.64. The third kappa shape index (κ3) is 2.93. The quantitative estimate of drug-likeness (QED) is 0.875. The molecule has 0 spiro atoms. The Kier molecular flexibility index (Phi) is 3.55. The number of aryl methyl sites for hydroxylation is 1. The lowest BCUT2D eigenvalue weighted by molar-refractivity contribution is 0.0921. The van der Waals surface area contributed by atoms with Crippen LogP contribution in [0.2, 0.25) is 0 Å². The Morgan fingerprint density at radius 3 is 2.71 bits per heavy atom. The summed E-state index contributed by atoms with van der Waals surface area (Å²) in [5.74, 6) is 0.983. The molecule has 88 valence electrons. The minimum Gasteiger partial charge on any atom is -0.456 e. The number of carbonyl (C=O) groups is 1. The van der Waals surface area contributed by atoms with Gasteiger partial charge in [0.1, 0.15) is 5.76 Å².